The average Bonchev–Trinajstić information content (AvgIpc) is 3.33. The smallest absolute Gasteiger partial charge is 0.251 e. The Morgan fingerprint density at radius 2 is 1.93 bits per heavy atom. The first-order valence-electron chi connectivity index (χ1n) is 9.92. The summed E-state index contributed by atoms with van der Waals surface area (Å²) in [6.45, 7) is 0.751. The lowest BCUT2D eigenvalue weighted by molar-refractivity contribution is -0.132. The first-order valence-corrected chi connectivity index (χ1v) is 9.92. The molecule has 3 unspecified atom stereocenters. The number of likely N-dealkylation sites (tertiary alicyclic amines) is 1. The molecule has 5 nitrogen and oxygen atoms in total. The molecule has 5 heteroatoms. The number of nitrogens with one attached hydrogen (secondary N) is 1. The van der Waals surface area contributed by atoms with Crippen molar-refractivity contribution < 1.29 is 14.3 Å². The molecule has 1 saturated heterocycles. The van der Waals surface area contributed by atoms with Crippen molar-refractivity contribution in [3.8, 4) is 5.75 Å². The molecule has 3 atom stereocenters. The number of aryl methyl sites for hydroxylation is 1. The molecule has 2 amide bonds. The second kappa shape index (κ2) is 8.05. The van der Waals surface area contributed by atoms with Crippen molar-refractivity contribution in [1.82, 2.24) is 10.2 Å². The Bertz CT molecular complexity index is 852. The van der Waals surface area contributed by atoms with E-state index in [1.807, 2.05) is 59.5 Å². The Morgan fingerprint density at radius 1 is 1.11 bits per heavy atom. The molecule has 146 valence electrons. The Kier molecular flexibility index (Phi) is 5.33. The molecule has 1 aliphatic heterocycles. The second-order valence-electron chi connectivity index (χ2n) is 7.73. The SMILES string of the molecule is COc1cccc(CCC(=O)N2CC3CC2CC3NC(=O)c2ccccc2)c1. The van der Waals surface area contributed by atoms with Gasteiger partial charge in [0.2, 0.25) is 5.91 Å². The van der Waals surface area contributed by atoms with Gasteiger partial charge in [0.15, 0.2) is 0 Å². The minimum atomic E-state index is -0.0194. The first-order chi connectivity index (χ1) is 13.6. The van der Waals surface area contributed by atoms with Gasteiger partial charge in [-0.15, -0.1) is 0 Å². The monoisotopic (exact) mass is 378 g/mol. The zero-order valence-corrected chi connectivity index (χ0v) is 16.1. The minimum absolute atomic E-state index is 0.0194. The third-order valence-corrected chi connectivity index (χ3v) is 5.98. The fourth-order valence-corrected chi connectivity index (χ4v) is 4.50. The molecule has 28 heavy (non-hydrogen) atoms. The third kappa shape index (κ3) is 3.88. The van der Waals surface area contributed by atoms with Crippen LogP contribution in [0.15, 0.2) is 54.6 Å². The molecular weight excluding hydrogens is 352 g/mol. The highest BCUT2D eigenvalue weighted by Gasteiger charge is 2.46. The quantitative estimate of drug-likeness (QED) is 0.841. The molecule has 1 saturated carbocycles. The lowest BCUT2D eigenvalue weighted by Crippen LogP contribution is -2.47. The number of carbonyl (C=O) groups excluding carboxylic acids is 2. The summed E-state index contributed by atoms with van der Waals surface area (Å²) in [4.78, 5) is 27.1. The largest absolute Gasteiger partial charge is 0.497 e. The van der Waals surface area contributed by atoms with Gasteiger partial charge < -0.3 is 15.0 Å². The van der Waals surface area contributed by atoms with Gasteiger partial charge in [0.25, 0.3) is 5.91 Å². The van der Waals surface area contributed by atoms with Crippen LogP contribution in [-0.2, 0) is 11.2 Å². The molecule has 2 fully saturated rings. The maximum absolute atomic E-state index is 12.7. The Balaban J connectivity index is 1.29. The van der Waals surface area contributed by atoms with Crippen LogP contribution in [0.1, 0.15) is 35.2 Å². The number of methoxy groups -OCH3 is 1. The van der Waals surface area contributed by atoms with Crippen LogP contribution in [0.3, 0.4) is 0 Å². The molecule has 2 bridgehead atoms. The van der Waals surface area contributed by atoms with E-state index in [2.05, 4.69) is 5.32 Å². The minimum Gasteiger partial charge on any atom is -0.497 e. The zero-order valence-electron chi connectivity index (χ0n) is 16.1. The summed E-state index contributed by atoms with van der Waals surface area (Å²) in [6.07, 6.45) is 3.08. The fraction of sp³-hybridized carbons (Fsp3) is 0.391. The van der Waals surface area contributed by atoms with Gasteiger partial charge in [-0.05, 0) is 55.0 Å². The Labute approximate surface area is 165 Å². The molecule has 0 spiro atoms. The van der Waals surface area contributed by atoms with Gasteiger partial charge in [-0.2, -0.15) is 0 Å². The lowest BCUT2D eigenvalue weighted by atomic mass is 10.0. The maximum Gasteiger partial charge on any atom is 0.251 e. The standard InChI is InChI=1S/C23H26N2O3/c1-28-20-9-5-6-16(12-20)10-11-22(26)25-15-18-13-19(25)14-21(18)24-23(27)17-7-3-2-4-8-17/h2-9,12,18-19,21H,10-11,13-15H2,1H3,(H,24,27). The third-order valence-electron chi connectivity index (χ3n) is 5.98. The molecule has 2 aromatic carbocycles. The number of hydrogen-bond donors (Lipinski definition) is 1. The van der Waals surface area contributed by atoms with E-state index in [1.165, 1.54) is 0 Å². The predicted molar refractivity (Wildman–Crippen MR) is 107 cm³/mol. The summed E-state index contributed by atoms with van der Waals surface area (Å²) in [5.41, 5.74) is 1.81. The highest BCUT2D eigenvalue weighted by atomic mass is 16.5. The molecule has 2 aromatic rings. The van der Waals surface area contributed by atoms with E-state index in [4.69, 9.17) is 4.74 Å². The molecular formula is C23H26N2O3. The van der Waals surface area contributed by atoms with Crippen molar-refractivity contribution in [1.29, 1.82) is 0 Å². The summed E-state index contributed by atoms with van der Waals surface area (Å²) in [5, 5.41) is 3.17. The number of fused-ring (bicyclic) bond motifs is 2. The van der Waals surface area contributed by atoms with Gasteiger partial charge in [0, 0.05) is 30.6 Å². The van der Waals surface area contributed by atoms with Crippen LogP contribution in [0.25, 0.3) is 0 Å². The van der Waals surface area contributed by atoms with Crippen molar-refractivity contribution >= 4 is 11.8 Å². The van der Waals surface area contributed by atoms with E-state index in [1.54, 1.807) is 7.11 Å². The van der Waals surface area contributed by atoms with Crippen LogP contribution in [0, 0.1) is 5.92 Å². The summed E-state index contributed by atoms with van der Waals surface area (Å²) in [7, 11) is 1.65. The summed E-state index contributed by atoms with van der Waals surface area (Å²) in [6, 6.07) is 17.6. The van der Waals surface area contributed by atoms with Crippen molar-refractivity contribution in [2.45, 2.75) is 37.8 Å². The molecule has 0 radical (unpaired) electrons. The normalized spacial score (nSPS) is 22.9. The van der Waals surface area contributed by atoms with Crippen LogP contribution < -0.4 is 10.1 Å². The van der Waals surface area contributed by atoms with Crippen LogP contribution in [0.2, 0.25) is 0 Å². The first kappa shape index (κ1) is 18.5. The van der Waals surface area contributed by atoms with E-state index in [9.17, 15) is 9.59 Å². The number of piperidine rings is 1. The number of rotatable bonds is 6. The summed E-state index contributed by atoms with van der Waals surface area (Å²) in [5.74, 6) is 1.37. The summed E-state index contributed by atoms with van der Waals surface area (Å²) < 4.78 is 5.25. The van der Waals surface area contributed by atoms with Crippen molar-refractivity contribution in [3.05, 3.63) is 65.7 Å². The van der Waals surface area contributed by atoms with Crippen LogP contribution in [-0.4, -0.2) is 42.5 Å². The fourth-order valence-electron chi connectivity index (χ4n) is 4.50. The topological polar surface area (TPSA) is 58.6 Å². The number of nitrogens with zero attached hydrogens (tertiary/aromatic N) is 1. The zero-order chi connectivity index (χ0) is 19.5. The maximum atomic E-state index is 12.7. The van der Waals surface area contributed by atoms with Gasteiger partial charge in [-0.1, -0.05) is 30.3 Å². The molecule has 1 aliphatic carbocycles. The van der Waals surface area contributed by atoms with Crippen molar-refractivity contribution in [2.24, 2.45) is 5.92 Å². The highest BCUT2D eigenvalue weighted by Crippen LogP contribution is 2.38. The number of benzene rings is 2. The number of amides is 2. The molecule has 4 rings (SSSR count). The van der Waals surface area contributed by atoms with Crippen molar-refractivity contribution in [2.75, 3.05) is 13.7 Å². The summed E-state index contributed by atoms with van der Waals surface area (Å²) >= 11 is 0. The van der Waals surface area contributed by atoms with E-state index in [-0.39, 0.29) is 23.9 Å². The van der Waals surface area contributed by atoms with Gasteiger partial charge in [0.1, 0.15) is 5.75 Å². The van der Waals surface area contributed by atoms with Gasteiger partial charge in [0.05, 0.1) is 7.11 Å². The van der Waals surface area contributed by atoms with Crippen molar-refractivity contribution in [3.63, 3.8) is 0 Å². The van der Waals surface area contributed by atoms with Crippen LogP contribution >= 0.6 is 0 Å². The number of carbonyl (C=O) groups is 2. The molecule has 0 aromatic heterocycles. The Hall–Kier alpha value is -2.82. The Morgan fingerprint density at radius 3 is 2.64 bits per heavy atom. The van der Waals surface area contributed by atoms with Gasteiger partial charge >= 0.3 is 0 Å². The molecule has 1 N–H and O–H groups in total. The predicted octanol–water partition coefficient (Wildman–Crippen LogP) is 3.05. The van der Waals surface area contributed by atoms with E-state index in [0.717, 1.165) is 37.1 Å². The van der Waals surface area contributed by atoms with Gasteiger partial charge in [-0.3, -0.25) is 9.59 Å². The molecule has 1 heterocycles. The second-order valence-corrected chi connectivity index (χ2v) is 7.73. The molecule has 2 aliphatic rings. The number of hydrogen-bond acceptors (Lipinski definition) is 3. The van der Waals surface area contributed by atoms with Crippen LogP contribution in [0.4, 0.5) is 0 Å². The van der Waals surface area contributed by atoms with Crippen LogP contribution in [0.5, 0.6) is 5.75 Å². The van der Waals surface area contributed by atoms with E-state index in [0.29, 0.717) is 17.9 Å². The van der Waals surface area contributed by atoms with E-state index < -0.39 is 0 Å². The van der Waals surface area contributed by atoms with E-state index >= 15 is 0 Å². The lowest BCUT2D eigenvalue weighted by Gasteiger charge is -2.32. The van der Waals surface area contributed by atoms with Gasteiger partial charge in [-0.25, -0.2) is 0 Å². The highest BCUT2D eigenvalue weighted by molar-refractivity contribution is 5.94. The average molecular weight is 378 g/mol. The number of ether oxygens (including phenoxy) is 1.